The molecule has 0 radical (unpaired) electrons. The molecule has 0 saturated heterocycles. The number of hydrogen-bond acceptors (Lipinski definition) is 6. The van der Waals surface area contributed by atoms with Crippen molar-refractivity contribution >= 4 is 10.4 Å². The molecule has 0 aliphatic carbocycles. The van der Waals surface area contributed by atoms with E-state index in [2.05, 4.69) is 8.37 Å². The van der Waals surface area contributed by atoms with Gasteiger partial charge in [-0.25, -0.2) is 0 Å². The van der Waals surface area contributed by atoms with Gasteiger partial charge < -0.3 is 10.8 Å². The highest BCUT2D eigenvalue weighted by Gasteiger charge is 2.06. The van der Waals surface area contributed by atoms with Gasteiger partial charge in [-0.05, 0) is 13.3 Å². The maximum Gasteiger partial charge on any atom is 0.399 e. The van der Waals surface area contributed by atoms with E-state index in [0.717, 1.165) is 14.2 Å². The van der Waals surface area contributed by atoms with E-state index in [1.54, 1.807) is 6.92 Å². The number of rotatable bonds is 3. The molecule has 7 heteroatoms. The molecule has 0 bridgehead atoms. The molecule has 13 heavy (non-hydrogen) atoms. The third-order valence-electron chi connectivity index (χ3n) is 1.12. The molecule has 0 fully saturated rings. The summed E-state index contributed by atoms with van der Waals surface area (Å²) in [5, 5.41) is 8.60. The quantitative estimate of drug-likeness (QED) is 0.621. The molecule has 6 nitrogen and oxygen atoms in total. The van der Waals surface area contributed by atoms with Gasteiger partial charge in [-0.15, -0.1) is 0 Å². The zero-order chi connectivity index (χ0) is 11.1. The van der Waals surface area contributed by atoms with E-state index < -0.39 is 16.1 Å². The lowest BCUT2D eigenvalue weighted by atomic mass is 10.2. The molecule has 0 aliphatic rings. The standard InChI is InChI=1S/C4H11NO.C2H6O4S/c1-3-4(2,5)6;1-5-7(3,4)6-2/h6H,3,5H2,1-2H3;1-2H3. The van der Waals surface area contributed by atoms with Crippen LogP contribution in [0.3, 0.4) is 0 Å². The lowest BCUT2D eigenvalue weighted by Gasteiger charge is -2.11. The van der Waals surface area contributed by atoms with E-state index in [-0.39, 0.29) is 0 Å². The molecular formula is C6H17NO5S. The smallest absolute Gasteiger partial charge is 0.376 e. The average molecular weight is 215 g/mol. The van der Waals surface area contributed by atoms with Crippen LogP contribution in [0.5, 0.6) is 0 Å². The van der Waals surface area contributed by atoms with Crippen LogP contribution in [0, 0.1) is 0 Å². The normalized spacial score (nSPS) is 15.5. The Morgan fingerprint density at radius 3 is 1.62 bits per heavy atom. The first-order valence-corrected chi connectivity index (χ1v) is 4.89. The molecular weight excluding hydrogens is 198 g/mol. The van der Waals surface area contributed by atoms with E-state index in [9.17, 15) is 8.42 Å². The topological polar surface area (TPSA) is 98.9 Å². The van der Waals surface area contributed by atoms with Gasteiger partial charge >= 0.3 is 10.4 Å². The van der Waals surface area contributed by atoms with Gasteiger partial charge in [-0.2, -0.15) is 8.42 Å². The largest absolute Gasteiger partial charge is 0.399 e. The molecule has 3 N–H and O–H groups in total. The predicted molar refractivity (Wildman–Crippen MR) is 48.0 cm³/mol. The van der Waals surface area contributed by atoms with Gasteiger partial charge in [-0.1, -0.05) is 6.92 Å². The van der Waals surface area contributed by atoms with E-state index >= 15 is 0 Å². The summed E-state index contributed by atoms with van der Waals surface area (Å²) in [5.41, 5.74) is 4.13. The van der Waals surface area contributed by atoms with Crippen molar-refractivity contribution in [3.63, 3.8) is 0 Å². The average Bonchev–Trinajstić information content (AvgIpc) is 2.04. The number of nitrogens with two attached hydrogens (primary N) is 1. The first kappa shape index (κ1) is 15.3. The molecule has 0 amide bonds. The number of hydrogen-bond donors (Lipinski definition) is 2. The highest BCUT2D eigenvalue weighted by Crippen LogP contribution is 1.94. The Hall–Kier alpha value is -0.210. The summed E-state index contributed by atoms with van der Waals surface area (Å²) in [6.45, 7) is 3.41. The van der Waals surface area contributed by atoms with E-state index in [4.69, 9.17) is 10.8 Å². The Labute approximate surface area is 79.0 Å². The van der Waals surface area contributed by atoms with Crippen molar-refractivity contribution in [1.29, 1.82) is 0 Å². The Morgan fingerprint density at radius 1 is 1.38 bits per heavy atom. The minimum absolute atomic E-state index is 0.604. The Kier molecular flexibility index (Phi) is 7.37. The van der Waals surface area contributed by atoms with E-state index in [1.165, 1.54) is 0 Å². The van der Waals surface area contributed by atoms with Crippen LogP contribution < -0.4 is 5.73 Å². The fourth-order valence-electron chi connectivity index (χ4n) is 0.0680. The molecule has 0 heterocycles. The molecule has 0 saturated carbocycles. The van der Waals surface area contributed by atoms with E-state index in [0.29, 0.717) is 6.42 Å². The van der Waals surface area contributed by atoms with Gasteiger partial charge in [0.15, 0.2) is 0 Å². The maximum atomic E-state index is 9.92. The summed E-state index contributed by atoms with van der Waals surface area (Å²) < 4.78 is 27.5. The lowest BCUT2D eigenvalue weighted by molar-refractivity contribution is 0.0632. The van der Waals surface area contributed by atoms with Crippen LogP contribution in [0.4, 0.5) is 0 Å². The fourth-order valence-corrected chi connectivity index (χ4v) is 0.204. The van der Waals surface area contributed by atoms with Crippen molar-refractivity contribution in [3.05, 3.63) is 0 Å². The van der Waals surface area contributed by atoms with Gasteiger partial charge in [0.05, 0.1) is 14.2 Å². The van der Waals surface area contributed by atoms with Gasteiger partial charge in [0.25, 0.3) is 0 Å². The van der Waals surface area contributed by atoms with Crippen molar-refractivity contribution in [1.82, 2.24) is 0 Å². The van der Waals surface area contributed by atoms with Crippen LogP contribution in [0.2, 0.25) is 0 Å². The zero-order valence-electron chi connectivity index (χ0n) is 8.27. The summed E-state index contributed by atoms with van der Waals surface area (Å²) >= 11 is 0. The minimum atomic E-state index is -3.66. The Morgan fingerprint density at radius 2 is 1.62 bits per heavy atom. The summed E-state index contributed by atoms with van der Waals surface area (Å²) in [6.07, 6.45) is 0.604. The van der Waals surface area contributed by atoms with Crippen LogP contribution in [0.15, 0.2) is 0 Å². The highest BCUT2D eigenvalue weighted by atomic mass is 32.3. The van der Waals surface area contributed by atoms with Crippen molar-refractivity contribution in [2.24, 2.45) is 5.73 Å². The molecule has 0 aromatic rings. The predicted octanol–water partition coefficient (Wildman–Crippen LogP) is -0.412. The molecule has 82 valence electrons. The molecule has 1 atom stereocenters. The molecule has 0 spiro atoms. The summed E-state index contributed by atoms with van der Waals surface area (Å²) in [7, 11) is -1.60. The molecule has 1 unspecified atom stereocenters. The third-order valence-corrected chi connectivity index (χ3v) is 1.94. The van der Waals surface area contributed by atoms with Crippen molar-refractivity contribution < 1.29 is 21.9 Å². The summed E-state index contributed by atoms with van der Waals surface area (Å²) in [5.74, 6) is 0. The minimum Gasteiger partial charge on any atom is -0.376 e. The second-order valence-electron chi connectivity index (χ2n) is 2.45. The van der Waals surface area contributed by atoms with Crippen LogP contribution in [-0.2, 0) is 18.8 Å². The van der Waals surface area contributed by atoms with Crippen molar-refractivity contribution in [2.75, 3.05) is 14.2 Å². The van der Waals surface area contributed by atoms with Gasteiger partial charge in [0, 0.05) is 0 Å². The van der Waals surface area contributed by atoms with Crippen LogP contribution in [-0.4, -0.2) is 33.5 Å². The zero-order valence-corrected chi connectivity index (χ0v) is 9.09. The monoisotopic (exact) mass is 215 g/mol. The van der Waals surface area contributed by atoms with Crippen molar-refractivity contribution in [2.45, 2.75) is 26.0 Å². The Balaban J connectivity index is 0. The Bertz CT molecular complexity index is 196. The maximum absolute atomic E-state index is 9.92. The van der Waals surface area contributed by atoms with Crippen LogP contribution in [0.1, 0.15) is 20.3 Å². The summed E-state index contributed by atoms with van der Waals surface area (Å²) in [6, 6.07) is 0. The second kappa shape index (κ2) is 6.28. The first-order valence-electron chi connectivity index (χ1n) is 3.56. The summed E-state index contributed by atoms with van der Waals surface area (Å²) in [4.78, 5) is 0. The molecule has 0 rings (SSSR count). The first-order chi connectivity index (χ1) is 5.68. The number of aliphatic hydroxyl groups is 1. The van der Waals surface area contributed by atoms with Crippen molar-refractivity contribution in [3.8, 4) is 0 Å². The van der Waals surface area contributed by atoms with Gasteiger partial charge in [0.2, 0.25) is 0 Å². The molecule has 0 aliphatic heterocycles. The molecule has 0 aromatic carbocycles. The highest BCUT2D eigenvalue weighted by molar-refractivity contribution is 7.81. The van der Waals surface area contributed by atoms with E-state index in [1.807, 2.05) is 6.92 Å². The second-order valence-corrected chi connectivity index (χ2v) is 3.94. The third kappa shape index (κ3) is 14.6. The lowest BCUT2D eigenvalue weighted by Crippen LogP contribution is -2.34. The SMILES string of the molecule is CCC(C)(N)O.COS(=O)(=O)OC. The van der Waals surface area contributed by atoms with Crippen LogP contribution in [0.25, 0.3) is 0 Å². The van der Waals surface area contributed by atoms with Crippen LogP contribution >= 0.6 is 0 Å². The van der Waals surface area contributed by atoms with Gasteiger partial charge in [0.1, 0.15) is 5.72 Å². The molecule has 0 aromatic heterocycles. The fraction of sp³-hybridized carbons (Fsp3) is 1.00. The van der Waals surface area contributed by atoms with Gasteiger partial charge in [-0.3, -0.25) is 8.37 Å².